The molecule has 0 atom stereocenters. The summed E-state index contributed by atoms with van der Waals surface area (Å²) in [5.74, 6) is 0. The summed E-state index contributed by atoms with van der Waals surface area (Å²) in [6.45, 7) is 7.32. The van der Waals surface area contributed by atoms with E-state index in [1.165, 1.54) is 21.9 Å². The molecule has 3 aromatic carbocycles. The number of hydrogen-bond donors (Lipinski definition) is 1. The molecule has 0 amide bonds. The zero-order chi connectivity index (χ0) is 21.3. The second kappa shape index (κ2) is 11.2. The molecule has 0 radical (unpaired) electrons. The Kier molecular flexibility index (Phi) is 7.88. The highest BCUT2D eigenvalue weighted by molar-refractivity contribution is 7.80. The lowest BCUT2D eigenvalue weighted by molar-refractivity contribution is 0.0376. The molecule has 1 aliphatic heterocycles. The Morgan fingerprint density at radius 3 is 2.39 bits per heavy atom. The number of nitrogens with zero attached hydrogens (tertiary/aromatic N) is 2. The van der Waals surface area contributed by atoms with Crippen LogP contribution < -0.4 is 5.32 Å². The summed E-state index contributed by atoms with van der Waals surface area (Å²) in [5, 5.41) is 6.85. The number of rotatable bonds is 8. The number of hydrogen-bond acceptors (Lipinski definition) is 3. The van der Waals surface area contributed by atoms with Gasteiger partial charge in [-0.2, -0.15) is 0 Å². The lowest BCUT2D eigenvalue weighted by Gasteiger charge is -2.28. The van der Waals surface area contributed by atoms with Crippen molar-refractivity contribution < 1.29 is 4.74 Å². The molecule has 1 aliphatic rings. The zero-order valence-electron chi connectivity index (χ0n) is 18.0. The first-order chi connectivity index (χ1) is 15.3. The van der Waals surface area contributed by atoms with Crippen LogP contribution in [0.4, 0.5) is 0 Å². The topological polar surface area (TPSA) is 27.7 Å². The van der Waals surface area contributed by atoms with E-state index in [0.717, 1.165) is 64.0 Å². The molecular formula is C26H31N3OS. The number of fused-ring (bicyclic) bond motifs is 1. The van der Waals surface area contributed by atoms with Gasteiger partial charge in [-0.05, 0) is 53.1 Å². The van der Waals surface area contributed by atoms with Gasteiger partial charge in [0.1, 0.15) is 0 Å². The third kappa shape index (κ3) is 6.50. The predicted molar refractivity (Wildman–Crippen MR) is 132 cm³/mol. The standard InChI is InChI=1S/C26H31N3OS/c31-26(27-13-6-14-28-15-17-30-18-16-28)29(20-22-7-2-1-3-8-22)21-23-11-12-24-9-4-5-10-25(24)19-23/h1-5,7-12,19H,6,13-18,20-21H2,(H,27,31). The van der Waals surface area contributed by atoms with Gasteiger partial charge in [-0.15, -0.1) is 0 Å². The van der Waals surface area contributed by atoms with Gasteiger partial charge in [-0.25, -0.2) is 0 Å². The smallest absolute Gasteiger partial charge is 0.169 e. The number of nitrogens with one attached hydrogen (secondary N) is 1. The van der Waals surface area contributed by atoms with Gasteiger partial charge >= 0.3 is 0 Å². The van der Waals surface area contributed by atoms with Gasteiger partial charge in [0.15, 0.2) is 5.11 Å². The van der Waals surface area contributed by atoms with Gasteiger partial charge in [-0.1, -0.05) is 66.7 Å². The Balaban J connectivity index is 1.38. The first kappa shape index (κ1) is 21.8. The maximum absolute atomic E-state index is 5.82. The first-order valence-electron chi connectivity index (χ1n) is 11.1. The maximum Gasteiger partial charge on any atom is 0.169 e. The molecule has 0 aliphatic carbocycles. The van der Waals surface area contributed by atoms with Crippen molar-refractivity contribution in [2.45, 2.75) is 19.5 Å². The van der Waals surface area contributed by atoms with Gasteiger partial charge in [0.25, 0.3) is 0 Å². The van der Waals surface area contributed by atoms with Crippen molar-refractivity contribution in [1.82, 2.24) is 15.1 Å². The molecule has 1 saturated heterocycles. The fourth-order valence-corrected chi connectivity index (χ4v) is 4.23. The van der Waals surface area contributed by atoms with Crippen LogP contribution >= 0.6 is 12.2 Å². The normalized spacial score (nSPS) is 14.5. The molecule has 1 N–H and O–H groups in total. The molecule has 0 saturated carbocycles. The van der Waals surface area contributed by atoms with Gasteiger partial charge in [0.05, 0.1) is 13.2 Å². The van der Waals surface area contributed by atoms with E-state index in [1.54, 1.807) is 0 Å². The molecule has 0 aromatic heterocycles. The van der Waals surface area contributed by atoms with Crippen molar-refractivity contribution in [3.8, 4) is 0 Å². The fraction of sp³-hybridized carbons (Fsp3) is 0.346. The molecule has 0 bridgehead atoms. The molecule has 0 spiro atoms. The molecule has 1 heterocycles. The lowest BCUT2D eigenvalue weighted by atomic mass is 10.1. The number of benzene rings is 3. The Bertz CT molecular complexity index is 973. The third-order valence-electron chi connectivity index (χ3n) is 5.72. The van der Waals surface area contributed by atoms with E-state index in [0.29, 0.717) is 0 Å². The van der Waals surface area contributed by atoms with Crippen molar-refractivity contribution >= 4 is 28.1 Å². The minimum absolute atomic E-state index is 0.787. The summed E-state index contributed by atoms with van der Waals surface area (Å²) < 4.78 is 5.43. The number of morpholine rings is 1. The van der Waals surface area contributed by atoms with Crippen LogP contribution in [0.3, 0.4) is 0 Å². The monoisotopic (exact) mass is 433 g/mol. The van der Waals surface area contributed by atoms with Crippen molar-refractivity contribution in [2.75, 3.05) is 39.4 Å². The second-order valence-corrected chi connectivity index (χ2v) is 8.45. The summed E-state index contributed by atoms with van der Waals surface area (Å²) >= 11 is 5.82. The van der Waals surface area contributed by atoms with E-state index < -0.39 is 0 Å². The summed E-state index contributed by atoms with van der Waals surface area (Å²) in [5.41, 5.74) is 2.54. The highest BCUT2D eigenvalue weighted by Gasteiger charge is 2.13. The highest BCUT2D eigenvalue weighted by atomic mass is 32.1. The summed E-state index contributed by atoms with van der Waals surface area (Å²) in [4.78, 5) is 4.73. The number of thiocarbonyl (C=S) groups is 1. The van der Waals surface area contributed by atoms with Gasteiger partial charge in [0.2, 0.25) is 0 Å². The average Bonchev–Trinajstić information content (AvgIpc) is 2.82. The van der Waals surface area contributed by atoms with Crippen LogP contribution in [0, 0.1) is 0 Å². The van der Waals surface area contributed by atoms with Crippen LogP contribution in [0.25, 0.3) is 10.8 Å². The van der Waals surface area contributed by atoms with Crippen molar-refractivity contribution in [3.63, 3.8) is 0 Å². The minimum Gasteiger partial charge on any atom is -0.379 e. The van der Waals surface area contributed by atoms with Crippen LogP contribution in [-0.4, -0.2) is 54.3 Å². The van der Waals surface area contributed by atoms with Crippen LogP contribution in [0.15, 0.2) is 72.8 Å². The van der Waals surface area contributed by atoms with Crippen LogP contribution in [0.5, 0.6) is 0 Å². The van der Waals surface area contributed by atoms with E-state index in [4.69, 9.17) is 17.0 Å². The predicted octanol–water partition coefficient (Wildman–Crippen LogP) is 4.44. The van der Waals surface area contributed by atoms with Gasteiger partial charge < -0.3 is 15.0 Å². The molecule has 31 heavy (non-hydrogen) atoms. The van der Waals surface area contributed by atoms with Crippen molar-refractivity contribution in [3.05, 3.63) is 83.9 Å². The van der Waals surface area contributed by atoms with E-state index in [9.17, 15) is 0 Å². The van der Waals surface area contributed by atoms with E-state index in [-0.39, 0.29) is 0 Å². The Hall–Kier alpha value is -2.47. The molecule has 4 nitrogen and oxygen atoms in total. The van der Waals surface area contributed by atoms with Crippen LogP contribution in [0.1, 0.15) is 17.5 Å². The average molecular weight is 434 g/mol. The van der Waals surface area contributed by atoms with Crippen LogP contribution in [-0.2, 0) is 17.8 Å². The van der Waals surface area contributed by atoms with Gasteiger partial charge in [0, 0.05) is 32.7 Å². The van der Waals surface area contributed by atoms with E-state index in [1.807, 2.05) is 0 Å². The molecule has 0 unspecified atom stereocenters. The quantitative estimate of drug-likeness (QED) is 0.419. The molecule has 4 rings (SSSR count). The first-order valence-corrected chi connectivity index (χ1v) is 11.5. The molecule has 162 valence electrons. The van der Waals surface area contributed by atoms with Gasteiger partial charge in [-0.3, -0.25) is 4.90 Å². The lowest BCUT2D eigenvalue weighted by Crippen LogP contribution is -2.41. The molecule has 1 fully saturated rings. The van der Waals surface area contributed by atoms with Crippen LogP contribution in [0.2, 0.25) is 0 Å². The highest BCUT2D eigenvalue weighted by Crippen LogP contribution is 2.18. The SMILES string of the molecule is S=C(NCCCN1CCOCC1)N(Cc1ccccc1)Cc1ccc2ccccc2c1. The zero-order valence-corrected chi connectivity index (χ0v) is 18.8. The molecule has 5 heteroatoms. The fourth-order valence-electron chi connectivity index (χ4n) is 4.00. The Morgan fingerprint density at radius 1 is 0.871 bits per heavy atom. The molecule has 3 aromatic rings. The molecular weight excluding hydrogens is 402 g/mol. The Labute approximate surface area is 190 Å². The van der Waals surface area contributed by atoms with Crippen molar-refractivity contribution in [1.29, 1.82) is 0 Å². The Morgan fingerprint density at radius 2 is 1.58 bits per heavy atom. The summed E-state index contributed by atoms with van der Waals surface area (Å²) in [6.07, 6.45) is 1.08. The minimum atomic E-state index is 0.787. The number of ether oxygens (including phenoxy) is 1. The third-order valence-corrected chi connectivity index (χ3v) is 6.12. The maximum atomic E-state index is 5.82. The largest absolute Gasteiger partial charge is 0.379 e. The van der Waals surface area contributed by atoms with E-state index >= 15 is 0 Å². The summed E-state index contributed by atoms with van der Waals surface area (Å²) in [7, 11) is 0. The summed E-state index contributed by atoms with van der Waals surface area (Å²) in [6, 6.07) is 25.7. The van der Waals surface area contributed by atoms with Crippen molar-refractivity contribution in [2.24, 2.45) is 0 Å². The van der Waals surface area contributed by atoms with E-state index in [2.05, 4.69) is 87.9 Å². The second-order valence-electron chi connectivity index (χ2n) is 8.06.